The second kappa shape index (κ2) is 20.5. The summed E-state index contributed by atoms with van der Waals surface area (Å²) in [5.41, 5.74) is -0.372. The molecule has 1 aliphatic rings. The second-order valence-electron chi connectivity index (χ2n) is 9.46. The van der Waals surface area contributed by atoms with Crippen LogP contribution >= 0.6 is 0 Å². The van der Waals surface area contributed by atoms with Gasteiger partial charge in [-0.25, -0.2) is 4.79 Å². The highest BCUT2D eigenvalue weighted by atomic mass is 16.6. The fourth-order valence-corrected chi connectivity index (χ4v) is 2.89. The van der Waals surface area contributed by atoms with Crippen molar-refractivity contribution in [3.05, 3.63) is 0 Å². The molecule has 178 valence electrons. The number of carbonyl (C=O) groups is 1. The number of hydrogen-bond acceptors (Lipinski definition) is 2. The molecule has 29 heavy (non-hydrogen) atoms. The Bertz CT molecular complexity index is 347. The molecule has 1 fully saturated rings. The molecule has 1 saturated heterocycles. The SMILES string of the molecule is CC.CC1CCN(C(=O)OC(C)(C)C)C1.CCCC.CCCC(C)CC(C)CC. The van der Waals surface area contributed by atoms with Crippen LogP contribution in [0.4, 0.5) is 4.79 Å². The van der Waals surface area contributed by atoms with Gasteiger partial charge in [-0.2, -0.15) is 0 Å². The third-order valence-electron chi connectivity index (χ3n) is 4.86. The van der Waals surface area contributed by atoms with Gasteiger partial charge >= 0.3 is 6.09 Å². The van der Waals surface area contributed by atoms with Crippen LogP contribution in [-0.2, 0) is 4.74 Å². The molecular weight excluding hydrogens is 358 g/mol. The molecule has 1 heterocycles. The third kappa shape index (κ3) is 23.4. The molecule has 0 aliphatic carbocycles. The van der Waals surface area contributed by atoms with Crippen molar-refractivity contribution in [2.45, 2.75) is 134 Å². The van der Waals surface area contributed by atoms with Crippen LogP contribution in [0.5, 0.6) is 0 Å². The topological polar surface area (TPSA) is 29.5 Å². The normalized spacial score (nSPS) is 17.5. The Morgan fingerprint density at radius 1 is 1.00 bits per heavy atom. The van der Waals surface area contributed by atoms with Crippen molar-refractivity contribution in [2.75, 3.05) is 13.1 Å². The molecule has 1 aliphatic heterocycles. The van der Waals surface area contributed by atoms with Gasteiger partial charge < -0.3 is 9.64 Å². The van der Waals surface area contributed by atoms with Crippen LogP contribution in [0.1, 0.15) is 128 Å². The van der Waals surface area contributed by atoms with Crippen molar-refractivity contribution in [1.29, 1.82) is 0 Å². The highest BCUT2D eigenvalue weighted by molar-refractivity contribution is 5.68. The molecule has 0 aromatic heterocycles. The number of ether oxygens (including phenoxy) is 1. The van der Waals surface area contributed by atoms with Crippen LogP contribution < -0.4 is 0 Å². The van der Waals surface area contributed by atoms with Crippen LogP contribution in [0, 0.1) is 17.8 Å². The van der Waals surface area contributed by atoms with Crippen LogP contribution in [-0.4, -0.2) is 29.7 Å². The molecule has 0 aromatic carbocycles. The number of unbranched alkanes of at least 4 members (excludes halogenated alkanes) is 1. The Morgan fingerprint density at radius 3 is 1.83 bits per heavy atom. The van der Waals surface area contributed by atoms with Gasteiger partial charge in [-0.05, 0) is 51.4 Å². The molecule has 3 unspecified atom stereocenters. The Balaban J connectivity index is -0.000000375. The zero-order valence-corrected chi connectivity index (χ0v) is 22.4. The molecule has 0 saturated carbocycles. The molecule has 0 N–H and O–H groups in total. The van der Waals surface area contributed by atoms with Crippen molar-refractivity contribution in [3.8, 4) is 0 Å². The first-order valence-electron chi connectivity index (χ1n) is 12.5. The predicted octanol–water partition coefficient (Wildman–Crippen LogP) is 8.95. The third-order valence-corrected chi connectivity index (χ3v) is 4.86. The maximum absolute atomic E-state index is 11.5. The quantitative estimate of drug-likeness (QED) is 0.433. The average Bonchev–Trinajstić information content (AvgIpc) is 3.09. The fraction of sp³-hybridized carbons (Fsp3) is 0.962. The molecule has 0 spiro atoms. The number of rotatable bonds is 6. The van der Waals surface area contributed by atoms with Crippen molar-refractivity contribution < 1.29 is 9.53 Å². The summed E-state index contributed by atoms with van der Waals surface area (Å²) in [5, 5.41) is 0. The first-order chi connectivity index (χ1) is 13.5. The molecule has 3 nitrogen and oxygen atoms in total. The molecule has 3 atom stereocenters. The maximum atomic E-state index is 11.5. The highest BCUT2D eigenvalue weighted by Gasteiger charge is 2.27. The van der Waals surface area contributed by atoms with E-state index >= 15 is 0 Å². The minimum atomic E-state index is -0.372. The Morgan fingerprint density at radius 2 is 1.52 bits per heavy atom. The summed E-state index contributed by atoms with van der Waals surface area (Å²) in [6, 6.07) is 0. The first-order valence-corrected chi connectivity index (χ1v) is 12.5. The van der Waals surface area contributed by atoms with Crippen molar-refractivity contribution in [2.24, 2.45) is 17.8 Å². The maximum Gasteiger partial charge on any atom is 0.410 e. The van der Waals surface area contributed by atoms with E-state index in [1.807, 2.05) is 34.6 Å². The summed E-state index contributed by atoms with van der Waals surface area (Å²) in [7, 11) is 0. The predicted molar refractivity (Wildman–Crippen MR) is 132 cm³/mol. The van der Waals surface area contributed by atoms with Crippen LogP contribution in [0.15, 0.2) is 0 Å². The van der Waals surface area contributed by atoms with E-state index in [0.717, 1.165) is 31.3 Å². The molecule has 0 aromatic rings. The number of amides is 1. The van der Waals surface area contributed by atoms with Crippen LogP contribution in [0.2, 0.25) is 0 Å². The Labute approximate surface area is 185 Å². The highest BCUT2D eigenvalue weighted by Crippen LogP contribution is 2.19. The summed E-state index contributed by atoms with van der Waals surface area (Å²) >= 11 is 0. The summed E-state index contributed by atoms with van der Waals surface area (Å²) in [4.78, 5) is 13.3. The van der Waals surface area contributed by atoms with Crippen molar-refractivity contribution in [3.63, 3.8) is 0 Å². The Kier molecular flexibility index (Phi) is 23.3. The molecular formula is C26H57NO2. The lowest BCUT2D eigenvalue weighted by molar-refractivity contribution is 0.0289. The lowest BCUT2D eigenvalue weighted by Crippen LogP contribution is -2.35. The van der Waals surface area contributed by atoms with Crippen molar-refractivity contribution >= 4 is 6.09 Å². The minimum absolute atomic E-state index is 0.170. The lowest BCUT2D eigenvalue weighted by Gasteiger charge is -2.24. The summed E-state index contributed by atoms with van der Waals surface area (Å²) in [6.07, 6.45) is 9.08. The monoisotopic (exact) mass is 415 g/mol. The van der Waals surface area contributed by atoms with Gasteiger partial charge in [-0.3, -0.25) is 0 Å². The largest absolute Gasteiger partial charge is 0.444 e. The van der Waals surface area contributed by atoms with Crippen LogP contribution in [0.25, 0.3) is 0 Å². The van der Waals surface area contributed by atoms with Gasteiger partial charge in [0.15, 0.2) is 0 Å². The fourth-order valence-electron chi connectivity index (χ4n) is 2.89. The van der Waals surface area contributed by atoms with E-state index in [4.69, 9.17) is 4.74 Å². The van der Waals surface area contributed by atoms with Crippen molar-refractivity contribution in [1.82, 2.24) is 4.90 Å². The lowest BCUT2D eigenvalue weighted by atomic mass is 9.92. The van der Waals surface area contributed by atoms with Gasteiger partial charge in [0.05, 0.1) is 0 Å². The van der Waals surface area contributed by atoms with Gasteiger partial charge in [0.2, 0.25) is 0 Å². The van der Waals surface area contributed by atoms with E-state index in [2.05, 4.69) is 48.5 Å². The van der Waals surface area contributed by atoms with Gasteiger partial charge in [0.25, 0.3) is 0 Å². The molecule has 0 bridgehead atoms. The number of carbonyl (C=O) groups excluding carboxylic acids is 1. The summed E-state index contributed by atoms with van der Waals surface area (Å²) in [5.74, 6) is 2.49. The van der Waals surface area contributed by atoms with E-state index in [-0.39, 0.29) is 11.7 Å². The first kappa shape index (κ1) is 32.9. The molecule has 3 heteroatoms. The minimum Gasteiger partial charge on any atom is -0.444 e. The van der Waals surface area contributed by atoms with Crippen LogP contribution in [0.3, 0.4) is 0 Å². The number of likely N-dealkylation sites (tertiary alicyclic amines) is 1. The zero-order chi connectivity index (χ0) is 23.5. The van der Waals surface area contributed by atoms with E-state index in [1.165, 1.54) is 38.5 Å². The van der Waals surface area contributed by atoms with Gasteiger partial charge in [-0.15, -0.1) is 0 Å². The van der Waals surface area contributed by atoms with E-state index in [1.54, 1.807) is 4.90 Å². The molecule has 1 amide bonds. The van der Waals surface area contributed by atoms with E-state index in [9.17, 15) is 4.79 Å². The van der Waals surface area contributed by atoms with E-state index < -0.39 is 0 Å². The summed E-state index contributed by atoms with van der Waals surface area (Å²) in [6.45, 7) is 27.2. The molecule has 1 rings (SSSR count). The van der Waals surface area contributed by atoms with Gasteiger partial charge in [-0.1, -0.05) is 94.4 Å². The van der Waals surface area contributed by atoms with Gasteiger partial charge in [0.1, 0.15) is 5.60 Å². The number of hydrogen-bond donors (Lipinski definition) is 0. The Hall–Kier alpha value is -0.730. The average molecular weight is 416 g/mol. The second-order valence-corrected chi connectivity index (χ2v) is 9.46. The summed E-state index contributed by atoms with van der Waals surface area (Å²) < 4.78 is 5.26. The molecule has 0 radical (unpaired) electrons. The number of nitrogens with zero attached hydrogens (tertiary/aromatic N) is 1. The standard InChI is InChI=1S/C10H19NO2.C10H22.C4H10.C2H6/c1-8-5-6-11(7-8)9(12)13-10(2,3)4;1-5-7-10(4)8-9(3)6-2;1-3-4-2;1-2/h8H,5-7H2,1-4H3;9-10H,5-8H2,1-4H3;3-4H2,1-2H3;1-2H3. The van der Waals surface area contributed by atoms with Gasteiger partial charge in [0, 0.05) is 13.1 Å². The zero-order valence-electron chi connectivity index (χ0n) is 22.4. The van der Waals surface area contributed by atoms with E-state index in [0.29, 0.717) is 5.92 Å². The smallest absolute Gasteiger partial charge is 0.410 e.